The van der Waals surface area contributed by atoms with E-state index in [2.05, 4.69) is 5.32 Å². The molecule has 1 rings (SSSR count). The molecule has 144 valence electrons. The molecule has 0 aromatic heterocycles. The van der Waals surface area contributed by atoms with Gasteiger partial charge in [-0.15, -0.1) is 0 Å². The van der Waals surface area contributed by atoms with Gasteiger partial charge in [0.05, 0.1) is 10.6 Å². The second kappa shape index (κ2) is 9.03. The van der Waals surface area contributed by atoms with Crippen molar-refractivity contribution in [3.05, 3.63) is 28.8 Å². The van der Waals surface area contributed by atoms with Gasteiger partial charge in [-0.25, -0.2) is 0 Å². The first kappa shape index (κ1) is 22.0. The predicted octanol–water partition coefficient (Wildman–Crippen LogP) is 4.04. The van der Waals surface area contributed by atoms with Crippen LogP contribution < -0.4 is 5.32 Å². The zero-order valence-electron chi connectivity index (χ0n) is 15.9. The number of rotatable bonds is 7. The third kappa shape index (κ3) is 6.67. The summed E-state index contributed by atoms with van der Waals surface area (Å²) in [6.07, 6.45) is 0.940. The molecule has 1 atom stereocenters. The lowest BCUT2D eigenvalue weighted by atomic mass is 9.92. The molecular formula is C19H27ClN2O4. The third-order valence-electron chi connectivity index (χ3n) is 3.86. The van der Waals surface area contributed by atoms with Crippen molar-refractivity contribution in [1.82, 2.24) is 4.90 Å². The second-order valence-electron chi connectivity index (χ2n) is 7.56. The Balaban J connectivity index is 3.09. The summed E-state index contributed by atoms with van der Waals surface area (Å²) >= 11 is 6.15. The maximum atomic E-state index is 12.8. The average Bonchev–Trinajstić information content (AvgIpc) is 2.51. The fourth-order valence-electron chi connectivity index (χ4n) is 2.40. The lowest BCUT2D eigenvalue weighted by molar-refractivity contribution is -0.138. The Hall–Kier alpha value is -2.08. The molecule has 0 saturated carbocycles. The number of hydrogen-bond acceptors (Lipinski definition) is 3. The van der Waals surface area contributed by atoms with E-state index in [9.17, 15) is 14.4 Å². The fraction of sp³-hybridized carbons (Fsp3) is 0.526. The van der Waals surface area contributed by atoms with Gasteiger partial charge >= 0.3 is 5.97 Å². The largest absolute Gasteiger partial charge is 0.480 e. The zero-order chi connectivity index (χ0) is 20.1. The first-order chi connectivity index (χ1) is 11.9. The van der Waals surface area contributed by atoms with Gasteiger partial charge < -0.3 is 15.3 Å². The van der Waals surface area contributed by atoms with Crippen molar-refractivity contribution in [3.8, 4) is 0 Å². The molecule has 7 heteroatoms. The second-order valence-corrected chi connectivity index (χ2v) is 7.97. The van der Waals surface area contributed by atoms with E-state index in [4.69, 9.17) is 16.7 Å². The number of hydrogen-bond donors (Lipinski definition) is 2. The van der Waals surface area contributed by atoms with Crippen molar-refractivity contribution in [2.45, 2.75) is 53.5 Å². The number of carboxylic acid groups (broad SMARTS) is 1. The van der Waals surface area contributed by atoms with Crippen LogP contribution in [-0.4, -0.2) is 40.4 Å². The minimum atomic E-state index is -1.09. The molecule has 6 nitrogen and oxygen atoms in total. The molecule has 2 N–H and O–H groups in total. The molecule has 0 radical (unpaired) electrons. The van der Waals surface area contributed by atoms with E-state index in [-0.39, 0.29) is 28.0 Å². The predicted molar refractivity (Wildman–Crippen MR) is 103 cm³/mol. The maximum Gasteiger partial charge on any atom is 0.323 e. The molecule has 0 fully saturated rings. The van der Waals surface area contributed by atoms with Crippen LogP contribution in [0.15, 0.2) is 18.2 Å². The van der Waals surface area contributed by atoms with Gasteiger partial charge in [0.25, 0.3) is 5.91 Å². The van der Waals surface area contributed by atoms with Crippen LogP contribution in [-0.2, 0) is 9.59 Å². The molecule has 0 aliphatic carbocycles. The third-order valence-corrected chi connectivity index (χ3v) is 4.19. The van der Waals surface area contributed by atoms with Gasteiger partial charge in [-0.1, -0.05) is 39.3 Å². The Labute approximate surface area is 159 Å². The molecule has 0 spiro atoms. The monoisotopic (exact) mass is 382 g/mol. The standard InChI is InChI=1S/C19H27ClN2O4/c1-6-12(2)22(11-17(24)25)18(26)14-9-13(7-8-15(14)20)21-16(23)10-19(3,4)5/h7-9,12H,6,10-11H2,1-5H3,(H,21,23)(H,24,25)/t12-/m0/s1. The molecule has 0 saturated heterocycles. The van der Waals surface area contributed by atoms with Crippen LogP contribution in [0, 0.1) is 5.41 Å². The van der Waals surface area contributed by atoms with E-state index >= 15 is 0 Å². The lowest BCUT2D eigenvalue weighted by Gasteiger charge is -2.27. The highest BCUT2D eigenvalue weighted by atomic mass is 35.5. The van der Waals surface area contributed by atoms with Crippen molar-refractivity contribution in [2.24, 2.45) is 5.41 Å². The number of amides is 2. The van der Waals surface area contributed by atoms with Crippen molar-refractivity contribution in [2.75, 3.05) is 11.9 Å². The van der Waals surface area contributed by atoms with E-state index in [1.807, 2.05) is 27.7 Å². The van der Waals surface area contributed by atoms with Gasteiger partial charge in [-0.2, -0.15) is 0 Å². The number of benzene rings is 1. The molecule has 0 aliphatic rings. The van der Waals surface area contributed by atoms with Crippen LogP contribution in [0.1, 0.15) is 57.8 Å². The van der Waals surface area contributed by atoms with Gasteiger partial charge in [0.1, 0.15) is 6.54 Å². The lowest BCUT2D eigenvalue weighted by Crippen LogP contribution is -2.42. The van der Waals surface area contributed by atoms with Crippen LogP contribution in [0.3, 0.4) is 0 Å². The number of anilines is 1. The molecule has 0 heterocycles. The molecular weight excluding hydrogens is 356 g/mol. The Morgan fingerprint density at radius 1 is 1.27 bits per heavy atom. The van der Waals surface area contributed by atoms with Crippen molar-refractivity contribution in [1.29, 1.82) is 0 Å². The summed E-state index contributed by atoms with van der Waals surface area (Å²) in [5.74, 6) is -1.73. The first-order valence-corrected chi connectivity index (χ1v) is 8.94. The number of halogens is 1. The van der Waals surface area contributed by atoms with E-state index in [0.29, 0.717) is 18.5 Å². The van der Waals surface area contributed by atoms with Gasteiger partial charge in [0.15, 0.2) is 0 Å². The summed E-state index contributed by atoms with van der Waals surface area (Å²) in [5.41, 5.74) is 0.456. The van der Waals surface area contributed by atoms with E-state index < -0.39 is 18.4 Å². The number of aliphatic carboxylic acids is 1. The van der Waals surface area contributed by atoms with Crippen LogP contribution in [0.5, 0.6) is 0 Å². The fourth-order valence-corrected chi connectivity index (χ4v) is 2.60. The minimum Gasteiger partial charge on any atom is -0.480 e. The Morgan fingerprint density at radius 2 is 1.88 bits per heavy atom. The van der Waals surface area contributed by atoms with E-state index in [1.54, 1.807) is 13.0 Å². The van der Waals surface area contributed by atoms with Gasteiger partial charge in [0.2, 0.25) is 5.91 Å². The quantitative estimate of drug-likeness (QED) is 0.745. The summed E-state index contributed by atoms with van der Waals surface area (Å²) in [6, 6.07) is 4.37. The zero-order valence-corrected chi connectivity index (χ0v) is 16.7. The highest BCUT2D eigenvalue weighted by Crippen LogP contribution is 2.25. The maximum absolute atomic E-state index is 12.8. The number of nitrogens with one attached hydrogen (secondary N) is 1. The number of carbonyl (C=O) groups excluding carboxylic acids is 2. The number of nitrogens with zero attached hydrogens (tertiary/aromatic N) is 1. The Bertz CT molecular complexity index is 683. The summed E-state index contributed by atoms with van der Waals surface area (Å²) in [5, 5.41) is 12.1. The van der Waals surface area contributed by atoms with Crippen LogP contribution in [0.25, 0.3) is 0 Å². The van der Waals surface area contributed by atoms with Crippen LogP contribution in [0.2, 0.25) is 5.02 Å². The topological polar surface area (TPSA) is 86.7 Å². The van der Waals surface area contributed by atoms with Gasteiger partial charge in [0, 0.05) is 18.2 Å². The van der Waals surface area contributed by atoms with Crippen molar-refractivity contribution < 1.29 is 19.5 Å². The molecule has 1 aromatic rings. The SMILES string of the molecule is CC[C@H](C)N(CC(=O)O)C(=O)c1cc(NC(=O)CC(C)(C)C)ccc1Cl. The van der Waals surface area contributed by atoms with E-state index in [1.165, 1.54) is 17.0 Å². The molecule has 2 amide bonds. The highest BCUT2D eigenvalue weighted by Gasteiger charge is 2.25. The molecule has 26 heavy (non-hydrogen) atoms. The highest BCUT2D eigenvalue weighted by molar-refractivity contribution is 6.34. The van der Waals surface area contributed by atoms with Crippen LogP contribution >= 0.6 is 11.6 Å². The van der Waals surface area contributed by atoms with Crippen molar-refractivity contribution >= 4 is 35.1 Å². The average molecular weight is 383 g/mol. The smallest absolute Gasteiger partial charge is 0.323 e. The number of carboxylic acids is 1. The molecule has 1 aromatic carbocycles. The Morgan fingerprint density at radius 3 is 2.38 bits per heavy atom. The molecule has 0 bridgehead atoms. The molecule has 0 aliphatic heterocycles. The number of carbonyl (C=O) groups is 3. The van der Waals surface area contributed by atoms with Gasteiger partial charge in [-0.3, -0.25) is 14.4 Å². The van der Waals surface area contributed by atoms with E-state index in [0.717, 1.165) is 0 Å². The normalized spacial score (nSPS) is 12.4. The first-order valence-electron chi connectivity index (χ1n) is 8.56. The molecule has 0 unspecified atom stereocenters. The van der Waals surface area contributed by atoms with Crippen molar-refractivity contribution in [3.63, 3.8) is 0 Å². The Kier molecular flexibility index (Phi) is 7.63. The summed E-state index contributed by atoms with van der Waals surface area (Å²) < 4.78 is 0. The summed E-state index contributed by atoms with van der Waals surface area (Å²) in [4.78, 5) is 37.3. The summed E-state index contributed by atoms with van der Waals surface area (Å²) in [7, 11) is 0. The van der Waals surface area contributed by atoms with Gasteiger partial charge in [-0.05, 0) is 37.0 Å². The minimum absolute atomic E-state index is 0.163. The van der Waals surface area contributed by atoms with Crippen LogP contribution in [0.4, 0.5) is 5.69 Å². The summed E-state index contributed by atoms with van der Waals surface area (Å²) in [6.45, 7) is 9.12.